The molecule has 0 saturated carbocycles. The zero-order valence-electron chi connectivity index (χ0n) is 16.9. The summed E-state index contributed by atoms with van der Waals surface area (Å²) in [5, 5.41) is 0. The van der Waals surface area contributed by atoms with Gasteiger partial charge in [-0.05, 0) is 50.0 Å². The van der Waals surface area contributed by atoms with Gasteiger partial charge in [-0.2, -0.15) is 0 Å². The van der Waals surface area contributed by atoms with E-state index in [1.54, 1.807) is 6.92 Å². The van der Waals surface area contributed by atoms with E-state index in [0.29, 0.717) is 12.2 Å². The van der Waals surface area contributed by atoms with Crippen molar-refractivity contribution in [3.63, 3.8) is 0 Å². The van der Waals surface area contributed by atoms with E-state index in [-0.39, 0.29) is 5.97 Å². The molecule has 0 heterocycles. The summed E-state index contributed by atoms with van der Waals surface area (Å²) in [6.07, 6.45) is 6.81. The van der Waals surface area contributed by atoms with E-state index in [1.165, 1.54) is 37.8 Å². The summed E-state index contributed by atoms with van der Waals surface area (Å²) < 4.78 is 11.9. The normalized spacial score (nSPS) is 11.2. The molecule has 0 saturated heterocycles. The minimum absolute atomic E-state index is 0.286. The number of hydrogen-bond donors (Lipinski definition) is 0. The Morgan fingerprint density at radius 2 is 1.54 bits per heavy atom. The predicted octanol–water partition coefficient (Wildman–Crippen LogP) is 6.51. The van der Waals surface area contributed by atoms with Gasteiger partial charge in [-0.25, -0.2) is 4.79 Å². The molecule has 1 aromatic carbocycles. The fourth-order valence-electron chi connectivity index (χ4n) is 3.10. The molecule has 3 nitrogen and oxygen atoms in total. The van der Waals surface area contributed by atoms with Crippen molar-refractivity contribution in [1.82, 2.24) is 0 Å². The molecule has 0 N–H and O–H groups in total. The van der Waals surface area contributed by atoms with Crippen molar-refractivity contribution >= 4 is 14.3 Å². The van der Waals surface area contributed by atoms with E-state index in [2.05, 4.69) is 32.6 Å². The van der Waals surface area contributed by atoms with Crippen LogP contribution in [0, 0.1) is 0 Å². The highest BCUT2D eigenvalue weighted by Gasteiger charge is 2.35. The molecular formula is C22H36O3Si. The molecule has 0 amide bonds. The van der Waals surface area contributed by atoms with E-state index in [9.17, 15) is 4.79 Å². The Hall–Kier alpha value is -1.55. The molecule has 0 radical (unpaired) electrons. The first-order valence-corrected chi connectivity index (χ1v) is 12.6. The van der Waals surface area contributed by atoms with Gasteiger partial charge in [-0.1, -0.05) is 64.3 Å². The second-order valence-corrected chi connectivity index (χ2v) is 11.2. The van der Waals surface area contributed by atoms with Gasteiger partial charge in [-0.3, -0.25) is 0 Å². The predicted molar refractivity (Wildman–Crippen MR) is 112 cm³/mol. The number of para-hydroxylation sites is 1. The number of hydrogen-bond acceptors (Lipinski definition) is 3. The number of carbonyl (C=O) groups excluding carboxylic acids is 1. The monoisotopic (exact) mass is 376 g/mol. The fraction of sp³-hybridized carbons (Fsp3) is 0.591. The summed E-state index contributed by atoms with van der Waals surface area (Å²) >= 11 is 0. The maximum Gasteiger partial charge on any atom is 0.333 e. The van der Waals surface area contributed by atoms with E-state index in [1.807, 2.05) is 18.2 Å². The largest absolute Gasteiger partial charge is 0.543 e. The Bertz CT molecular complexity index is 519. The first kappa shape index (κ1) is 22.5. The Morgan fingerprint density at radius 1 is 0.962 bits per heavy atom. The number of rotatable bonds is 14. The van der Waals surface area contributed by atoms with Gasteiger partial charge in [0.2, 0.25) is 0 Å². The van der Waals surface area contributed by atoms with Gasteiger partial charge in [0.1, 0.15) is 5.75 Å². The quantitative estimate of drug-likeness (QED) is 0.161. The average Bonchev–Trinajstić information content (AvgIpc) is 2.65. The fourth-order valence-corrected chi connectivity index (χ4v) is 7.68. The van der Waals surface area contributed by atoms with Crippen LogP contribution in [0.1, 0.15) is 59.3 Å². The maximum absolute atomic E-state index is 11.5. The SMILES string of the molecule is C=C(C)C(=O)OCCCC[Si](CCCC)(CCCC)Oc1ccccc1. The van der Waals surface area contributed by atoms with Crippen molar-refractivity contribution in [1.29, 1.82) is 0 Å². The second kappa shape index (κ2) is 12.7. The molecule has 4 heteroatoms. The van der Waals surface area contributed by atoms with Crippen molar-refractivity contribution in [3.8, 4) is 5.75 Å². The molecule has 1 rings (SSSR count). The highest BCUT2D eigenvalue weighted by Crippen LogP contribution is 2.31. The number of carbonyl (C=O) groups is 1. The van der Waals surface area contributed by atoms with E-state index >= 15 is 0 Å². The number of ether oxygens (including phenoxy) is 1. The van der Waals surface area contributed by atoms with Crippen molar-refractivity contribution in [2.24, 2.45) is 0 Å². The number of unbranched alkanes of at least 4 members (excludes halogenated alkanes) is 3. The molecular weight excluding hydrogens is 340 g/mol. The van der Waals surface area contributed by atoms with Crippen molar-refractivity contribution in [2.75, 3.05) is 6.61 Å². The third-order valence-corrected chi connectivity index (χ3v) is 9.12. The van der Waals surface area contributed by atoms with Crippen LogP contribution in [0.4, 0.5) is 0 Å². The van der Waals surface area contributed by atoms with Crippen molar-refractivity contribution < 1.29 is 14.0 Å². The highest BCUT2D eigenvalue weighted by molar-refractivity contribution is 6.74. The minimum Gasteiger partial charge on any atom is -0.543 e. The number of esters is 1. The standard InChI is InChI=1S/C22H36O3Si/c1-5-7-17-26(18-8-6-2,25-21-14-10-9-11-15-21)19-13-12-16-24-22(23)20(3)4/h9-11,14-15H,3,5-8,12-13,16-19H2,1-2,4H3. The molecule has 0 unspecified atom stereocenters. The third-order valence-electron chi connectivity index (χ3n) is 4.66. The number of benzene rings is 1. The smallest absolute Gasteiger partial charge is 0.333 e. The Balaban J connectivity index is 2.67. The lowest BCUT2D eigenvalue weighted by atomic mass is 10.3. The maximum atomic E-state index is 11.5. The lowest BCUT2D eigenvalue weighted by molar-refractivity contribution is -0.139. The van der Waals surface area contributed by atoms with Crippen LogP contribution in [0.15, 0.2) is 42.5 Å². The summed E-state index contributed by atoms with van der Waals surface area (Å²) in [5.41, 5.74) is 0.465. The van der Waals surface area contributed by atoms with Gasteiger partial charge >= 0.3 is 5.97 Å². The molecule has 0 atom stereocenters. The zero-order chi connectivity index (χ0) is 19.3. The second-order valence-electron chi connectivity index (χ2n) is 7.18. The van der Waals surface area contributed by atoms with E-state index in [4.69, 9.17) is 9.16 Å². The van der Waals surface area contributed by atoms with Gasteiger partial charge in [0, 0.05) is 5.57 Å². The van der Waals surface area contributed by atoms with Crippen LogP contribution in [-0.2, 0) is 9.53 Å². The van der Waals surface area contributed by atoms with Gasteiger partial charge in [0.15, 0.2) is 0 Å². The van der Waals surface area contributed by atoms with E-state index < -0.39 is 8.32 Å². The van der Waals surface area contributed by atoms with Gasteiger partial charge in [-0.15, -0.1) is 0 Å². The summed E-state index contributed by atoms with van der Waals surface area (Å²) in [5.74, 6) is 0.728. The summed E-state index contributed by atoms with van der Waals surface area (Å²) in [4.78, 5) is 11.5. The van der Waals surface area contributed by atoms with Gasteiger partial charge < -0.3 is 9.16 Å². The third kappa shape index (κ3) is 8.70. The van der Waals surface area contributed by atoms with Crippen LogP contribution in [-0.4, -0.2) is 20.9 Å². The average molecular weight is 377 g/mol. The lowest BCUT2D eigenvalue weighted by Gasteiger charge is -2.32. The Kier molecular flexibility index (Phi) is 11.0. The van der Waals surface area contributed by atoms with Crippen molar-refractivity contribution in [3.05, 3.63) is 42.5 Å². The molecule has 0 spiro atoms. The Morgan fingerprint density at radius 3 is 2.08 bits per heavy atom. The van der Waals surface area contributed by atoms with Crippen LogP contribution < -0.4 is 4.43 Å². The first-order valence-electron chi connectivity index (χ1n) is 10.1. The first-order chi connectivity index (χ1) is 12.5. The van der Waals surface area contributed by atoms with Crippen LogP contribution in [0.5, 0.6) is 5.75 Å². The summed E-state index contributed by atoms with van der Waals surface area (Å²) in [6.45, 7) is 10.3. The molecule has 1 aromatic rings. The molecule has 0 fully saturated rings. The van der Waals surface area contributed by atoms with Gasteiger partial charge in [0.05, 0.1) is 6.61 Å². The van der Waals surface area contributed by atoms with Crippen LogP contribution in [0.3, 0.4) is 0 Å². The zero-order valence-corrected chi connectivity index (χ0v) is 17.9. The van der Waals surface area contributed by atoms with Crippen molar-refractivity contribution in [2.45, 2.75) is 77.4 Å². The molecule has 0 aliphatic heterocycles. The summed E-state index contributed by atoms with van der Waals surface area (Å²) in [6, 6.07) is 13.8. The van der Waals surface area contributed by atoms with E-state index in [0.717, 1.165) is 24.6 Å². The molecule has 26 heavy (non-hydrogen) atoms. The summed E-state index contributed by atoms with van der Waals surface area (Å²) in [7, 11) is -1.84. The van der Waals surface area contributed by atoms with Gasteiger partial charge in [0.25, 0.3) is 8.32 Å². The van der Waals surface area contributed by atoms with Crippen LogP contribution in [0.25, 0.3) is 0 Å². The van der Waals surface area contributed by atoms with Crippen LogP contribution in [0.2, 0.25) is 18.1 Å². The molecule has 146 valence electrons. The molecule has 0 aliphatic rings. The Labute approximate surface area is 160 Å². The minimum atomic E-state index is -1.84. The molecule has 0 bridgehead atoms. The highest BCUT2D eigenvalue weighted by atomic mass is 28.4. The molecule has 0 aromatic heterocycles. The topological polar surface area (TPSA) is 35.5 Å². The lowest BCUT2D eigenvalue weighted by Crippen LogP contribution is -2.41. The molecule has 0 aliphatic carbocycles. The van der Waals surface area contributed by atoms with Crippen LogP contribution >= 0.6 is 0 Å².